The summed E-state index contributed by atoms with van der Waals surface area (Å²) in [5.41, 5.74) is 0. The van der Waals surface area contributed by atoms with Gasteiger partial charge in [-0.1, -0.05) is 0 Å². The third-order valence-electron chi connectivity index (χ3n) is 1.15. The highest BCUT2D eigenvalue weighted by molar-refractivity contribution is 6.37. The van der Waals surface area contributed by atoms with E-state index >= 15 is 0 Å². The van der Waals surface area contributed by atoms with Crippen molar-refractivity contribution >= 4 is 17.7 Å². The molecule has 0 aliphatic carbocycles. The van der Waals surface area contributed by atoms with Crippen LogP contribution in [-0.2, 0) is 19.1 Å². The molecule has 0 bridgehead atoms. The summed E-state index contributed by atoms with van der Waals surface area (Å²) >= 11 is 0. The molecular weight excluding hydrogens is 152 g/mol. The first-order valence-electron chi connectivity index (χ1n) is 2.85. The summed E-state index contributed by atoms with van der Waals surface area (Å²) in [5, 5.41) is 8.27. The van der Waals surface area contributed by atoms with Crippen molar-refractivity contribution in [3.05, 3.63) is 0 Å². The molecule has 0 aromatic heterocycles. The Morgan fingerprint density at radius 2 is 1.82 bits per heavy atom. The highest BCUT2D eigenvalue weighted by Gasteiger charge is 2.27. The largest absolute Gasteiger partial charge is 0.481 e. The molecule has 0 aromatic carbocycles. The topological polar surface area (TPSA) is 80.7 Å². The molecular formula is C6H8O5. The second-order valence-corrected chi connectivity index (χ2v) is 1.92. The fourth-order valence-corrected chi connectivity index (χ4v) is 0.390. The van der Waals surface area contributed by atoms with Gasteiger partial charge < -0.3 is 9.84 Å². The highest BCUT2D eigenvalue weighted by atomic mass is 16.5. The van der Waals surface area contributed by atoms with E-state index in [0.29, 0.717) is 0 Å². The van der Waals surface area contributed by atoms with Crippen LogP contribution in [0.5, 0.6) is 0 Å². The number of Topliss-reactive ketones (excluding diaryl/α,β-unsaturated/α-hetero) is 1. The molecule has 5 heteroatoms. The van der Waals surface area contributed by atoms with E-state index in [1.165, 1.54) is 0 Å². The van der Waals surface area contributed by atoms with Gasteiger partial charge >= 0.3 is 11.9 Å². The van der Waals surface area contributed by atoms with Crippen LogP contribution in [0.4, 0.5) is 0 Å². The number of ketones is 1. The molecule has 11 heavy (non-hydrogen) atoms. The Labute approximate surface area is 63.0 Å². The van der Waals surface area contributed by atoms with Crippen molar-refractivity contribution in [1.29, 1.82) is 0 Å². The van der Waals surface area contributed by atoms with Crippen LogP contribution < -0.4 is 0 Å². The normalized spacial score (nSPS) is 11.8. The lowest BCUT2D eigenvalue weighted by Gasteiger charge is -2.01. The summed E-state index contributed by atoms with van der Waals surface area (Å²) in [6, 6.07) is 0. The van der Waals surface area contributed by atoms with Crippen LogP contribution in [0.2, 0.25) is 0 Å². The summed E-state index contributed by atoms with van der Waals surface area (Å²) in [6.07, 6.45) is 0. The Balaban J connectivity index is 4.25. The van der Waals surface area contributed by atoms with Crippen molar-refractivity contribution in [1.82, 2.24) is 0 Å². The van der Waals surface area contributed by atoms with Gasteiger partial charge in [0.05, 0.1) is 7.11 Å². The number of ether oxygens (including phenoxy) is 1. The number of esters is 1. The zero-order valence-corrected chi connectivity index (χ0v) is 6.16. The molecule has 0 saturated carbocycles. The monoisotopic (exact) mass is 160 g/mol. The van der Waals surface area contributed by atoms with E-state index in [0.717, 1.165) is 14.0 Å². The SMILES string of the molecule is COC(=O)C(=O)C(C)C(=O)O. The Hall–Kier alpha value is -1.39. The second kappa shape index (κ2) is 3.70. The van der Waals surface area contributed by atoms with E-state index in [9.17, 15) is 14.4 Å². The van der Waals surface area contributed by atoms with Gasteiger partial charge in [0.2, 0.25) is 0 Å². The van der Waals surface area contributed by atoms with Crippen LogP contribution in [0.1, 0.15) is 6.92 Å². The van der Waals surface area contributed by atoms with Crippen LogP contribution in [-0.4, -0.2) is 29.9 Å². The van der Waals surface area contributed by atoms with Crippen molar-refractivity contribution in [3.8, 4) is 0 Å². The van der Waals surface area contributed by atoms with E-state index < -0.39 is 23.6 Å². The van der Waals surface area contributed by atoms with Crippen LogP contribution in [0.3, 0.4) is 0 Å². The fraction of sp³-hybridized carbons (Fsp3) is 0.500. The lowest BCUT2D eigenvalue weighted by molar-refractivity contribution is -0.158. The van der Waals surface area contributed by atoms with Gasteiger partial charge in [0.25, 0.3) is 5.78 Å². The van der Waals surface area contributed by atoms with Crippen molar-refractivity contribution in [2.75, 3.05) is 7.11 Å². The van der Waals surface area contributed by atoms with Crippen molar-refractivity contribution in [2.45, 2.75) is 6.92 Å². The van der Waals surface area contributed by atoms with Gasteiger partial charge in [-0.15, -0.1) is 0 Å². The number of carbonyl (C=O) groups excluding carboxylic acids is 2. The first-order valence-corrected chi connectivity index (χ1v) is 2.85. The Morgan fingerprint density at radius 3 is 2.09 bits per heavy atom. The molecule has 0 fully saturated rings. The Morgan fingerprint density at radius 1 is 1.36 bits per heavy atom. The molecule has 62 valence electrons. The van der Waals surface area contributed by atoms with Gasteiger partial charge in [0, 0.05) is 0 Å². The number of carboxylic acids is 1. The van der Waals surface area contributed by atoms with E-state index in [4.69, 9.17) is 5.11 Å². The lowest BCUT2D eigenvalue weighted by Crippen LogP contribution is -2.28. The third-order valence-corrected chi connectivity index (χ3v) is 1.15. The average molecular weight is 160 g/mol. The van der Waals surface area contributed by atoms with Crippen molar-refractivity contribution in [3.63, 3.8) is 0 Å². The molecule has 0 radical (unpaired) electrons. The number of carbonyl (C=O) groups is 3. The first-order chi connectivity index (χ1) is 5.00. The number of hydrogen-bond acceptors (Lipinski definition) is 4. The van der Waals surface area contributed by atoms with Gasteiger partial charge in [0.1, 0.15) is 5.92 Å². The Kier molecular flexibility index (Phi) is 3.23. The smallest absolute Gasteiger partial charge is 0.375 e. The summed E-state index contributed by atoms with van der Waals surface area (Å²) in [6.45, 7) is 1.13. The number of methoxy groups -OCH3 is 1. The minimum Gasteiger partial charge on any atom is -0.481 e. The molecule has 1 atom stereocenters. The van der Waals surface area contributed by atoms with Gasteiger partial charge in [-0.05, 0) is 6.92 Å². The molecule has 0 saturated heterocycles. The molecule has 0 spiro atoms. The summed E-state index contributed by atoms with van der Waals surface area (Å²) in [4.78, 5) is 31.2. The standard InChI is InChI=1S/C6H8O5/c1-3(5(8)9)4(7)6(10)11-2/h3H,1-2H3,(H,8,9). The first kappa shape index (κ1) is 9.61. The van der Waals surface area contributed by atoms with Crippen LogP contribution in [0.25, 0.3) is 0 Å². The number of aliphatic carboxylic acids is 1. The van der Waals surface area contributed by atoms with Gasteiger partial charge in [-0.25, -0.2) is 4.79 Å². The highest BCUT2D eigenvalue weighted by Crippen LogP contribution is 1.97. The third kappa shape index (κ3) is 2.37. The lowest BCUT2D eigenvalue weighted by atomic mass is 10.1. The van der Waals surface area contributed by atoms with E-state index in [2.05, 4.69) is 4.74 Å². The number of rotatable bonds is 3. The molecule has 0 amide bonds. The molecule has 0 rings (SSSR count). The predicted octanol–water partition coefficient (Wildman–Crippen LogP) is -0.551. The maximum atomic E-state index is 10.7. The molecule has 0 heterocycles. The number of carboxylic acid groups (broad SMARTS) is 1. The quantitative estimate of drug-likeness (QED) is 0.340. The average Bonchev–Trinajstić information content (AvgIpc) is 2.00. The summed E-state index contributed by atoms with van der Waals surface area (Å²) < 4.78 is 4.03. The molecule has 1 unspecified atom stereocenters. The molecule has 0 aliphatic rings. The van der Waals surface area contributed by atoms with Gasteiger partial charge in [-0.2, -0.15) is 0 Å². The van der Waals surface area contributed by atoms with Crippen molar-refractivity contribution in [2.24, 2.45) is 5.92 Å². The van der Waals surface area contributed by atoms with E-state index in [1.807, 2.05) is 0 Å². The zero-order valence-electron chi connectivity index (χ0n) is 6.16. The molecule has 0 aromatic rings. The van der Waals surface area contributed by atoms with Crippen LogP contribution in [0.15, 0.2) is 0 Å². The summed E-state index contributed by atoms with van der Waals surface area (Å²) in [5.74, 6) is -4.83. The predicted molar refractivity (Wildman–Crippen MR) is 33.8 cm³/mol. The van der Waals surface area contributed by atoms with Crippen LogP contribution in [0, 0.1) is 5.92 Å². The zero-order chi connectivity index (χ0) is 9.02. The second-order valence-electron chi connectivity index (χ2n) is 1.92. The molecule has 5 nitrogen and oxygen atoms in total. The Bertz CT molecular complexity index is 195. The minimum atomic E-state index is -1.33. The van der Waals surface area contributed by atoms with Gasteiger partial charge in [0.15, 0.2) is 0 Å². The maximum absolute atomic E-state index is 10.7. The van der Waals surface area contributed by atoms with Crippen molar-refractivity contribution < 1.29 is 24.2 Å². The van der Waals surface area contributed by atoms with Gasteiger partial charge in [-0.3, -0.25) is 9.59 Å². The van der Waals surface area contributed by atoms with E-state index in [1.54, 1.807) is 0 Å². The van der Waals surface area contributed by atoms with E-state index in [-0.39, 0.29) is 0 Å². The maximum Gasteiger partial charge on any atom is 0.375 e. The number of hydrogen-bond donors (Lipinski definition) is 1. The fourth-order valence-electron chi connectivity index (χ4n) is 0.390. The summed E-state index contributed by atoms with van der Waals surface area (Å²) in [7, 11) is 1.02. The molecule has 1 N–H and O–H groups in total. The van der Waals surface area contributed by atoms with Crippen LogP contribution >= 0.6 is 0 Å². The minimum absolute atomic E-state index is 1.02. The molecule has 0 aliphatic heterocycles.